The Morgan fingerprint density at radius 2 is 2.09 bits per heavy atom. The summed E-state index contributed by atoms with van der Waals surface area (Å²) in [5.41, 5.74) is 2.30. The average Bonchev–Trinajstić information content (AvgIpc) is 2.86. The van der Waals surface area contributed by atoms with Crippen LogP contribution in [0.3, 0.4) is 0 Å². The maximum absolute atomic E-state index is 6.04. The van der Waals surface area contributed by atoms with E-state index >= 15 is 0 Å². The number of benzene rings is 1. The summed E-state index contributed by atoms with van der Waals surface area (Å²) >= 11 is 0. The molecule has 0 amide bonds. The van der Waals surface area contributed by atoms with E-state index in [0.717, 1.165) is 25.4 Å². The first-order valence-electron chi connectivity index (χ1n) is 8.48. The highest BCUT2D eigenvalue weighted by atomic mass is 16.5. The molecule has 0 saturated heterocycles. The van der Waals surface area contributed by atoms with Crippen LogP contribution in [-0.4, -0.2) is 29.0 Å². The van der Waals surface area contributed by atoms with E-state index in [4.69, 9.17) is 4.74 Å². The van der Waals surface area contributed by atoms with Gasteiger partial charge in [0.25, 0.3) is 0 Å². The summed E-state index contributed by atoms with van der Waals surface area (Å²) in [4.78, 5) is 0. The highest BCUT2D eigenvalue weighted by Crippen LogP contribution is 2.26. The second-order valence-corrected chi connectivity index (χ2v) is 6.44. The van der Waals surface area contributed by atoms with Crippen molar-refractivity contribution < 1.29 is 4.74 Å². The van der Waals surface area contributed by atoms with Crippen LogP contribution in [0.1, 0.15) is 38.3 Å². The maximum Gasteiger partial charge on any atom is 0.0841 e. The van der Waals surface area contributed by atoms with Crippen LogP contribution in [0.5, 0.6) is 0 Å². The summed E-state index contributed by atoms with van der Waals surface area (Å²) in [6, 6.07) is 8.38. The van der Waals surface area contributed by atoms with Crippen LogP contribution in [-0.2, 0) is 18.3 Å². The number of hydrogen-bond acceptors (Lipinski definition) is 3. The van der Waals surface area contributed by atoms with E-state index in [1.54, 1.807) is 0 Å². The normalized spacial score (nSPS) is 22.3. The van der Waals surface area contributed by atoms with Crippen LogP contribution in [0.4, 0.5) is 0 Å². The molecule has 4 heteroatoms. The lowest BCUT2D eigenvalue weighted by Gasteiger charge is -2.28. The van der Waals surface area contributed by atoms with Gasteiger partial charge in [-0.3, -0.25) is 4.68 Å². The number of para-hydroxylation sites is 1. The third-order valence-corrected chi connectivity index (χ3v) is 4.77. The van der Waals surface area contributed by atoms with Gasteiger partial charge < -0.3 is 10.1 Å². The number of rotatable bonds is 6. The van der Waals surface area contributed by atoms with Gasteiger partial charge in [0.1, 0.15) is 0 Å². The molecule has 1 N–H and O–H groups in total. The predicted octanol–water partition coefficient (Wildman–Crippen LogP) is 3.26. The van der Waals surface area contributed by atoms with Crippen LogP contribution >= 0.6 is 0 Å². The fourth-order valence-corrected chi connectivity index (χ4v) is 3.44. The number of fused-ring (bicyclic) bond motifs is 1. The molecule has 2 unspecified atom stereocenters. The van der Waals surface area contributed by atoms with Crippen molar-refractivity contribution in [3.8, 4) is 0 Å². The highest BCUT2D eigenvalue weighted by molar-refractivity contribution is 5.81. The molecular formula is C18H27N3O. The molecule has 120 valence electrons. The van der Waals surface area contributed by atoms with Gasteiger partial charge >= 0.3 is 0 Å². The zero-order chi connectivity index (χ0) is 15.4. The fourth-order valence-electron chi connectivity index (χ4n) is 3.44. The Bertz CT molecular complexity index is 607. The molecule has 2 aromatic rings. The molecule has 22 heavy (non-hydrogen) atoms. The van der Waals surface area contributed by atoms with Gasteiger partial charge in [-0.25, -0.2) is 0 Å². The van der Waals surface area contributed by atoms with Crippen LogP contribution in [0.25, 0.3) is 10.9 Å². The molecule has 1 heterocycles. The van der Waals surface area contributed by atoms with Crippen LogP contribution in [0.2, 0.25) is 0 Å². The summed E-state index contributed by atoms with van der Waals surface area (Å²) in [7, 11) is 2.00. The van der Waals surface area contributed by atoms with Crippen molar-refractivity contribution in [3.05, 3.63) is 30.0 Å². The van der Waals surface area contributed by atoms with E-state index in [0.29, 0.717) is 12.0 Å². The first kappa shape index (κ1) is 15.5. The van der Waals surface area contributed by atoms with Gasteiger partial charge in [-0.05, 0) is 24.8 Å². The van der Waals surface area contributed by atoms with E-state index in [-0.39, 0.29) is 0 Å². The molecule has 1 saturated carbocycles. The molecule has 1 aromatic heterocycles. The molecule has 1 aliphatic carbocycles. The SMILES string of the molecule is CC1CCCCC1OCCNCc1nn(C)c2ccccc12. The minimum absolute atomic E-state index is 0.464. The van der Waals surface area contributed by atoms with Crippen molar-refractivity contribution in [1.29, 1.82) is 0 Å². The maximum atomic E-state index is 6.04. The van der Waals surface area contributed by atoms with Gasteiger partial charge in [0.2, 0.25) is 0 Å². The zero-order valence-electron chi connectivity index (χ0n) is 13.7. The van der Waals surface area contributed by atoms with Crippen molar-refractivity contribution in [2.45, 2.75) is 45.3 Å². The standard InChI is InChI=1S/C18H27N3O/c1-14-7-3-6-10-18(14)22-12-11-19-13-16-15-8-4-5-9-17(15)21(2)20-16/h4-5,8-9,14,18-19H,3,6-7,10-13H2,1-2H3. The molecule has 4 nitrogen and oxygen atoms in total. The van der Waals surface area contributed by atoms with Crippen LogP contribution in [0, 0.1) is 5.92 Å². The average molecular weight is 301 g/mol. The van der Waals surface area contributed by atoms with Crippen molar-refractivity contribution in [1.82, 2.24) is 15.1 Å². The largest absolute Gasteiger partial charge is 0.377 e. The molecule has 3 rings (SSSR count). The van der Waals surface area contributed by atoms with Crippen molar-refractivity contribution in [3.63, 3.8) is 0 Å². The number of nitrogens with zero attached hydrogens (tertiary/aromatic N) is 2. The van der Waals surface area contributed by atoms with Crippen LogP contribution < -0.4 is 5.32 Å². The Morgan fingerprint density at radius 1 is 1.27 bits per heavy atom. The van der Waals surface area contributed by atoms with E-state index in [9.17, 15) is 0 Å². The minimum Gasteiger partial charge on any atom is -0.377 e. The highest BCUT2D eigenvalue weighted by Gasteiger charge is 2.21. The Morgan fingerprint density at radius 3 is 2.95 bits per heavy atom. The Hall–Kier alpha value is -1.39. The lowest BCUT2D eigenvalue weighted by Crippen LogP contribution is -2.29. The molecule has 1 fully saturated rings. The third-order valence-electron chi connectivity index (χ3n) is 4.77. The van der Waals surface area contributed by atoms with Gasteiger partial charge in [0.15, 0.2) is 0 Å². The number of aromatic nitrogens is 2. The predicted molar refractivity (Wildman–Crippen MR) is 89.8 cm³/mol. The smallest absolute Gasteiger partial charge is 0.0841 e. The van der Waals surface area contributed by atoms with Gasteiger partial charge in [0, 0.05) is 25.5 Å². The molecule has 2 atom stereocenters. The number of aryl methyl sites for hydroxylation is 1. The molecule has 0 spiro atoms. The van der Waals surface area contributed by atoms with Crippen LogP contribution in [0.15, 0.2) is 24.3 Å². The summed E-state index contributed by atoms with van der Waals surface area (Å²) in [6.45, 7) is 4.79. The lowest BCUT2D eigenvalue weighted by molar-refractivity contribution is -0.00323. The molecule has 1 aliphatic rings. The Labute approximate surface area is 132 Å². The summed E-state index contributed by atoms with van der Waals surface area (Å²) in [5, 5.41) is 9.30. The first-order chi connectivity index (χ1) is 10.8. The second kappa shape index (κ2) is 7.25. The molecule has 0 bridgehead atoms. The molecule has 0 aliphatic heterocycles. The second-order valence-electron chi connectivity index (χ2n) is 6.44. The van der Waals surface area contributed by atoms with Crippen molar-refractivity contribution in [2.24, 2.45) is 13.0 Å². The molecule has 0 radical (unpaired) electrons. The molecule has 1 aromatic carbocycles. The number of nitrogens with one attached hydrogen (secondary N) is 1. The summed E-state index contributed by atoms with van der Waals surface area (Å²) < 4.78 is 7.99. The topological polar surface area (TPSA) is 39.1 Å². The van der Waals surface area contributed by atoms with E-state index in [2.05, 4.69) is 41.6 Å². The Balaban J connectivity index is 1.45. The third kappa shape index (κ3) is 3.50. The first-order valence-corrected chi connectivity index (χ1v) is 8.48. The minimum atomic E-state index is 0.464. The monoisotopic (exact) mass is 301 g/mol. The zero-order valence-corrected chi connectivity index (χ0v) is 13.7. The summed E-state index contributed by atoms with van der Waals surface area (Å²) in [6.07, 6.45) is 5.70. The number of ether oxygens (including phenoxy) is 1. The molecular weight excluding hydrogens is 274 g/mol. The van der Waals surface area contributed by atoms with Gasteiger partial charge in [-0.15, -0.1) is 0 Å². The van der Waals surface area contributed by atoms with E-state index in [1.807, 2.05) is 11.7 Å². The Kier molecular flexibility index (Phi) is 5.11. The van der Waals surface area contributed by atoms with Crippen molar-refractivity contribution in [2.75, 3.05) is 13.2 Å². The quantitative estimate of drug-likeness (QED) is 0.832. The van der Waals surface area contributed by atoms with E-state index in [1.165, 1.54) is 36.6 Å². The van der Waals surface area contributed by atoms with Crippen molar-refractivity contribution >= 4 is 10.9 Å². The van der Waals surface area contributed by atoms with E-state index < -0.39 is 0 Å². The van der Waals surface area contributed by atoms with Gasteiger partial charge in [-0.1, -0.05) is 38.0 Å². The summed E-state index contributed by atoms with van der Waals surface area (Å²) in [5.74, 6) is 0.716. The van der Waals surface area contributed by atoms with Gasteiger partial charge in [-0.2, -0.15) is 5.10 Å². The van der Waals surface area contributed by atoms with Gasteiger partial charge in [0.05, 0.1) is 23.9 Å². The number of hydrogen-bond donors (Lipinski definition) is 1. The fraction of sp³-hybridized carbons (Fsp3) is 0.611. The lowest BCUT2D eigenvalue weighted by atomic mass is 9.88.